The molecule has 0 fully saturated rings. The lowest BCUT2D eigenvalue weighted by Crippen LogP contribution is -2.08. The normalized spacial score (nSPS) is 10.6. The quantitative estimate of drug-likeness (QED) is 0.608. The van der Waals surface area contributed by atoms with Gasteiger partial charge in [-0.05, 0) is 19.9 Å². The third-order valence-corrected chi connectivity index (χ3v) is 4.83. The van der Waals surface area contributed by atoms with Crippen LogP contribution in [-0.2, 0) is 20.9 Å². The van der Waals surface area contributed by atoms with E-state index in [4.69, 9.17) is 15.2 Å². The number of thiazole rings is 1. The van der Waals surface area contributed by atoms with Crippen molar-refractivity contribution in [1.29, 1.82) is 5.26 Å². The Morgan fingerprint density at radius 1 is 1.44 bits per heavy atom. The second kappa shape index (κ2) is 8.41. The highest BCUT2D eigenvalue weighted by atomic mass is 32.1. The largest absolute Gasteiger partial charge is 0.462 e. The first-order valence-corrected chi connectivity index (χ1v) is 8.91. The molecule has 2 N–H and O–H groups in total. The number of esters is 2. The molecule has 0 aliphatic carbocycles. The summed E-state index contributed by atoms with van der Waals surface area (Å²) in [5, 5.41) is 12.1. The first kappa shape index (κ1) is 18.6. The molecule has 130 valence electrons. The highest BCUT2D eigenvalue weighted by molar-refractivity contribution is 7.18. The minimum absolute atomic E-state index is 0.125. The zero-order valence-electron chi connectivity index (χ0n) is 13.6. The Bertz CT molecular complexity index is 861. The van der Waals surface area contributed by atoms with E-state index in [1.54, 1.807) is 6.92 Å². The molecular weight excluding hydrogens is 362 g/mol. The van der Waals surface area contributed by atoms with Gasteiger partial charge in [-0.15, -0.1) is 22.7 Å². The molecule has 2 aromatic rings. The molecule has 0 saturated carbocycles. The van der Waals surface area contributed by atoms with Crippen LogP contribution in [0.5, 0.6) is 0 Å². The fraction of sp³-hybridized carbons (Fsp3) is 0.250. The van der Waals surface area contributed by atoms with Crippen molar-refractivity contribution in [2.45, 2.75) is 20.5 Å². The number of hydrogen-bond donors (Lipinski definition) is 1. The van der Waals surface area contributed by atoms with Crippen molar-refractivity contribution in [3.05, 3.63) is 38.2 Å². The fourth-order valence-corrected chi connectivity index (χ4v) is 3.41. The van der Waals surface area contributed by atoms with Crippen molar-refractivity contribution >= 4 is 45.7 Å². The maximum absolute atomic E-state index is 12.0. The van der Waals surface area contributed by atoms with Crippen LogP contribution in [0.3, 0.4) is 0 Å². The SMILES string of the molecule is CCOC(=O)c1sc(N)c(C#N)c1COC(=O)/C=C/c1csc(C)n1. The van der Waals surface area contributed by atoms with E-state index in [1.807, 2.05) is 18.4 Å². The van der Waals surface area contributed by atoms with Crippen LogP contribution in [0.25, 0.3) is 6.08 Å². The van der Waals surface area contributed by atoms with Gasteiger partial charge in [-0.25, -0.2) is 14.6 Å². The van der Waals surface area contributed by atoms with Crippen LogP contribution in [0.15, 0.2) is 11.5 Å². The molecular formula is C16H15N3O4S2. The van der Waals surface area contributed by atoms with Crippen molar-refractivity contribution in [2.75, 3.05) is 12.3 Å². The summed E-state index contributed by atoms with van der Waals surface area (Å²) in [6.45, 7) is 3.48. The fourth-order valence-electron chi connectivity index (χ4n) is 1.91. The van der Waals surface area contributed by atoms with E-state index in [-0.39, 0.29) is 34.2 Å². The standard InChI is InChI=1S/C16H15N3O4S2/c1-3-22-16(21)14-12(11(6-17)15(18)25-14)7-23-13(20)5-4-10-8-24-9(2)19-10/h4-5,8H,3,7,18H2,1-2H3/b5-4+. The molecule has 0 radical (unpaired) electrons. The minimum atomic E-state index is -0.617. The Labute approximate surface area is 152 Å². The summed E-state index contributed by atoms with van der Waals surface area (Å²) in [6.07, 6.45) is 2.77. The number of anilines is 1. The smallest absolute Gasteiger partial charge is 0.348 e. The van der Waals surface area contributed by atoms with Gasteiger partial charge in [-0.2, -0.15) is 5.26 Å². The molecule has 0 bridgehead atoms. The molecule has 0 aliphatic heterocycles. The molecule has 0 aromatic carbocycles. The van der Waals surface area contributed by atoms with E-state index in [0.717, 1.165) is 16.3 Å². The maximum atomic E-state index is 12.0. The number of carbonyl (C=O) groups is 2. The third-order valence-electron chi connectivity index (χ3n) is 2.99. The van der Waals surface area contributed by atoms with E-state index in [1.165, 1.54) is 23.5 Å². The van der Waals surface area contributed by atoms with Gasteiger partial charge in [-0.3, -0.25) is 0 Å². The van der Waals surface area contributed by atoms with Gasteiger partial charge in [-0.1, -0.05) is 0 Å². The highest BCUT2D eigenvalue weighted by Crippen LogP contribution is 2.31. The van der Waals surface area contributed by atoms with Crippen LogP contribution >= 0.6 is 22.7 Å². The summed E-state index contributed by atoms with van der Waals surface area (Å²) in [5.41, 5.74) is 6.80. The number of carbonyl (C=O) groups excluding carboxylic acids is 2. The van der Waals surface area contributed by atoms with Crippen molar-refractivity contribution in [1.82, 2.24) is 4.98 Å². The molecule has 7 nitrogen and oxygen atoms in total. The summed E-state index contributed by atoms with van der Waals surface area (Å²) in [6, 6.07) is 1.93. The molecule has 0 amide bonds. The van der Waals surface area contributed by atoms with E-state index in [9.17, 15) is 14.9 Å². The average molecular weight is 377 g/mol. The van der Waals surface area contributed by atoms with Gasteiger partial charge in [0.2, 0.25) is 0 Å². The van der Waals surface area contributed by atoms with Crippen molar-refractivity contribution in [3.8, 4) is 6.07 Å². The van der Waals surface area contributed by atoms with E-state index >= 15 is 0 Å². The lowest BCUT2D eigenvalue weighted by Gasteiger charge is -2.05. The molecule has 0 aliphatic rings. The summed E-state index contributed by atoms with van der Waals surface area (Å²) in [5.74, 6) is -1.21. The summed E-state index contributed by atoms with van der Waals surface area (Å²) < 4.78 is 10.1. The van der Waals surface area contributed by atoms with Crippen LogP contribution in [0.1, 0.15) is 38.4 Å². The van der Waals surface area contributed by atoms with Gasteiger partial charge in [0.1, 0.15) is 22.6 Å². The van der Waals surface area contributed by atoms with Crippen LogP contribution in [0, 0.1) is 18.3 Å². The second-order valence-electron chi connectivity index (χ2n) is 4.71. The number of aromatic nitrogens is 1. The number of aryl methyl sites for hydroxylation is 1. The maximum Gasteiger partial charge on any atom is 0.348 e. The summed E-state index contributed by atoms with van der Waals surface area (Å²) >= 11 is 2.41. The molecule has 0 spiro atoms. The van der Waals surface area contributed by atoms with E-state index < -0.39 is 11.9 Å². The highest BCUT2D eigenvalue weighted by Gasteiger charge is 2.23. The first-order valence-electron chi connectivity index (χ1n) is 7.21. The number of nitrogen functional groups attached to an aromatic ring is 1. The Hall–Kier alpha value is -2.70. The first-order chi connectivity index (χ1) is 12.0. The average Bonchev–Trinajstić information content (AvgIpc) is 3.13. The van der Waals surface area contributed by atoms with Crippen LogP contribution in [0.2, 0.25) is 0 Å². The molecule has 0 saturated heterocycles. The molecule has 0 atom stereocenters. The van der Waals surface area contributed by atoms with Crippen LogP contribution in [0.4, 0.5) is 5.00 Å². The van der Waals surface area contributed by atoms with Gasteiger partial charge < -0.3 is 15.2 Å². The zero-order chi connectivity index (χ0) is 18.4. The van der Waals surface area contributed by atoms with Gasteiger partial charge in [0.15, 0.2) is 0 Å². The van der Waals surface area contributed by atoms with E-state index in [0.29, 0.717) is 5.69 Å². The van der Waals surface area contributed by atoms with Gasteiger partial charge in [0.25, 0.3) is 0 Å². The number of nitriles is 1. The zero-order valence-corrected chi connectivity index (χ0v) is 15.2. The van der Waals surface area contributed by atoms with E-state index in [2.05, 4.69) is 4.98 Å². The molecule has 0 unspecified atom stereocenters. The third kappa shape index (κ3) is 4.65. The van der Waals surface area contributed by atoms with Crippen LogP contribution in [-0.4, -0.2) is 23.5 Å². The number of hydrogen-bond acceptors (Lipinski definition) is 9. The van der Waals surface area contributed by atoms with Gasteiger partial charge in [0, 0.05) is 17.0 Å². The number of thiophene rings is 1. The van der Waals surface area contributed by atoms with Gasteiger partial charge in [0.05, 0.1) is 22.9 Å². The predicted molar refractivity (Wildman–Crippen MR) is 95.1 cm³/mol. The number of rotatable bonds is 6. The lowest BCUT2D eigenvalue weighted by molar-refractivity contribution is -0.138. The van der Waals surface area contributed by atoms with Gasteiger partial charge >= 0.3 is 11.9 Å². The van der Waals surface area contributed by atoms with Crippen LogP contribution < -0.4 is 5.73 Å². The number of nitrogens with zero attached hydrogens (tertiary/aromatic N) is 2. The minimum Gasteiger partial charge on any atom is -0.462 e. The second-order valence-corrected chi connectivity index (χ2v) is 6.83. The Morgan fingerprint density at radius 2 is 2.20 bits per heavy atom. The van der Waals surface area contributed by atoms with Crippen molar-refractivity contribution in [2.24, 2.45) is 0 Å². The molecule has 9 heteroatoms. The van der Waals surface area contributed by atoms with Crippen molar-refractivity contribution in [3.63, 3.8) is 0 Å². The Morgan fingerprint density at radius 3 is 2.80 bits per heavy atom. The molecule has 2 heterocycles. The monoisotopic (exact) mass is 377 g/mol. The molecule has 25 heavy (non-hydrogen) atoms. The molecule has 2 rings (SSSR count). The molecule has 2 aromatic heterocycles. The Balaban J connectivity index is 2.11. The summed E-state index contributed by atoms with van der Waals surface area (Å²) in [7, 11) is 0. The number of ether oxygens (including phenoxy) is 2. The Kier molecular flexibility index (Phi) is 6.27. The van der Waals surface area contributed by atoms with Crippen molar-refractivity contribution < 1.29 is 19.1 Å². The lowest BCUT2D eigenvalue weighted by atomic mass is 10.1. The predicted octanol–water partition coefficient (Wildman–Crippen LogP) is 2.90. The topological polar surface area (TPSA) is 115 Å². The summed E-state index contributed by atoms with van der Waals surface area (Å²) in [4.78, 5) is 28.2. The number of nitrogens with two attached hydrogens (primary N) is 1.